The summed E-state index contributed by atoms with van der Waals surface area (Å²) in [6, 6.07) is 3.71. The number of H-pyrrole nitrogens is 1. The maximum absolute atomic E-state index is 5.72. The highest BCUT2D eigenvalue weighted by Crippen LogP contribution is 2.18. The normalized spacial score (nSPS) is 20.3. The van der Waals surface area contributed by atoms with Crippen LogP contribution in [0.4, 0.5) is 5.82 Å². The summed E-state index contributed by atoms with van der Waals surface area (Å²) >= 11 is 0. The van der Waals surface area contributed by atoms with E-state index in [0.717, 1.165) is 30.8 Å². The van der Waals surface area contributed by atoms with Crippen LogP contribution in [-0.2, 0) is 11.2 Å². The van der Waals surface area contributed by atoms with Crippen molar-refractivity contribution in [2.45, 2.75) is 38.2 Å². The van der Waals surface area contributed by atoms with Gasteiger partial charge in [0, 0.05) is 13.0 Å². The summed E-state index contributed by atoms with van der Waals surface area (Å²) in [5, 5.41) is 0. The van der Waals surface area contributed by atoms with Gasteiger partial charge in [-0.25, -0.2) is 9.97 Å². The molecule has 0 saturated carbocycles. The predicted molar refractivity (Wildman–Crippen MR) is 70.2 cm³/mol. The molecular formula is C13H18N4O. The first kappa shape index (κ1) is 11.5. The molecule has 0 bridgehead atoms. The lowest BCUT2D eigenvalue weighted by Crippen LogP contribution is -2.19. The molecule has 1 unspecified atom stereocenters. The fourth-order valence-corrected chi connectivity index (χ4v) is 2.41. The molecule has 1 saturated heterocycles. The van der Waals surface area contributed by atoms with Gasteiger partial charge in [0.1, 0.15) is 11.6 Å². The molecule has 3 N–H and O–H groups in total. The Labute approximate surface area is 106 Å². The Morgan fingerprint density at radius 3 is 3.11 bits per heavy atom. The van der Waals surface area contributed by atoms with Crippen molar-refractivity contribution in [3.05, 3.63) is 18.0 Å². The minimum absolute atomic E-state index is 0.394. The topological polar surface area (TPSA) is 76.8 Å². The van der Waals surface area contributed by atoms with Gasteiger partial charge >= 0.3 is 0 Å². The van der Waals surface area contributed by atoms with Crippen LogP contribution >= 0.6 is 0 Å². The van der Waals surface area contributed by atoms with Crippen molar-refractivity contribution in [2.75, 3.05) is 12.3 Å². The van der Waals surface area contributed by atoms with E-state index in [-0.39, 0.29) is 0 Å². The van der Waals surface area contributed by atoms with Gasteiger partial charge in [0.15, 0.2) is 5.65 Å². The third-order valence-corrected chi connectivity index (χ3v) is 3.39. The first-order valence-corrected chi connectivity index (χ1v) is 6.54. The number of nitrogens with zero attached hydrogens (tertiary/aromatic N) is 2. The molecule has 5 nitrogen and oxygen atoms in total. The molecule has 0 aliphatic carbocycles. The Hall–Kier alpha value is -1.62. The number of nitrogens with two attached hydrogens (primary N) is 1. The van der Waals surface area contributed by atoms with Crippen LogP contribution in [0, 0.1) is 0 Å². The first-order valence-electron chi connectivity index (χ1n) is 6.54. The van der Waals surface area contributed by atoms with Crippen LogP contribution in [0.2, 0.25) is 0 Å². The summed E-state index contributed by atoms with van der Waals surface area (Å²) in [7, 11) is 0. The van der Waals surface area contributed by atoms with E-state index >= 15 is 0 Å². The van der Waals surface area contributed by atoms with Crippen molar-refractivity contribution in [3.8, 4) is 0 Å². The molecular weight excluding hydrogens is 228 g/mol. The number of nitrogen functional groups attached to an aromatic ring is 1. The third kappa shape index (κ3) is 2.46. The smallest absolute Gasteiger partial charge is 0.179 e. The highest BCUT2D eigenvalue weighted by atomic mass is 16.5. The highest BCUT2D eigenvalue weighted by Gasteiger charge is 2.14. The summed E-state index contributed by atoms with van der Waals surface area (Å²) in [5.41, 5.74) is 7.29. The summed E-state index contributed by atoms with van der Waals surface area (Å²) in [4.78, 5) is 11.9. The van der Waals surface area contributed by atoms with Crippen LogP contribution < -0.4 is 5.73 Å². The molecule has 1 aliphatic rings. The molecule has 2 aromatic heterocycles. The number of ether oxygens (including phenoxy) is 1. The van der Waals surface area contributed by atoms with E-state index in [9.17, 15) is 0 Å². The second-order valence-corrected chi connectivity index (χ2v) is 4.82. The quantitative estimate of drug-likeness (QED) is 0.868. The van der Waals surface area contributed by atoms with Crippen LogP contribution in [0.5, 0.6) is 0 Å². The summed E-state index contributed by atoms with van der Waals surface area (Å²) < 4.78 is 5.72. The maximum Gasteiger partial charge on any atom is 0.179 e. The van der Waals surface area contributed by atoms with Crippen molar-refractivity contribution in [1.29, 1.82) is 0 Å². The molecule has 18 heavy (non-hydrogen) atoms. The Morgan fingerprint density at radius 1 is 1.33 bits per heavy atom. The SMILES string of the molecule is Nc1ccc2[nH]c(CCC3CCCCO3)nc2n1. The number of nitrogens with one attached hydrogen (secondary N) is 1. The van der Waals surface area contributed by atoms with Crippen LogP contribution in [0.3, 0.4) is 0 Å². The molecule has 0 radical (unpaired) electrons. The molecule has 5 heteroatoms. The zero-order valence-electron chi connectivity index (χ0n) is 10.4. The van der Waals surface area contributed by atoms with Gasteiger partial charge in [-0.3, -0.25) is 0 Å². The minimum Gasteiger partial charge on any atom is -0.384 e. The molecule has 0 spiro atoms. The van der Waals surface area contributed by atoms with Gasteiger partial charge in [-0.15, -0.1) is 0 Å². The fourth-order valence-electron chi connectivity index (χ4n) is 2.41. The zero-order valence-corrected chi connectivity index (χ0v) is 10.4. The zero-order chi connectivity index (χ0) is 12.4. The Bertz CT molecular complexity index is 531. The fraction of sp³-hybridized carbons (Fsp3) is 0.538. The molecule has 2 aromatic rings. The van der Waals surface area contributed by atoms with Crippen molar-refractivity contribution in [1.82, 2.24) is 15.0 Å². The van der Waals surface area contributed by atoms with Crippen molar-refractivity contribution < 1.29 is 4.74 Å². The van der Waals surface area contributed by atoms with Gasteiger partial charge in [-0.2, -0.15) is 0 Å². The lowest BCUT2D eigenvalue weighted by Gasteiger charge is -2.21. The number of imidazole rings is 1. The molecule has 1 aliphatic heterocycles. The summed E-state index contributed by atoms with van der Waals surface area (Å²) in [5.74, 6) is 1.48. The standard InChI is InChI=1S/C13H18N4O/c14-11-6-5-10-13(16-11)17-12(15-10)7-4-9-3-1-2-8-18-9/h5-6,9H,1-4,7-8H2,(H3,14,15,16,17). The number of pyridine rings is 1. The number of aryl methyl sites for hydroxylation is 1. The number of fused-ring (bicyclic) bond motifs is 1. The van der Waals surface area contributed by atoms with Gasteiger partial charge < -0.3 is 15.5 Å². The van der Waals surface area contributed by atoms with Crippen LogP contribution in [0.15, 0.2) is 12.1 Å². The molecule has 1 fully saturated rings. The summed E-state index contributed by atoms with van der Waals surface area (Å²) in [6.07, 6.45) is 5.97. The highest BCUT2D eigenvalue weighted by molar-refractivity contribution is 5.72. The largest absolute Gasteiger partial charge is 0.384 e. The van der Waals surface area contributed by atoms with Crippen molar-refractivity contribution in [2.24, 2.45) is 0 Å². The molecule has 0 aromatic carbocycles. The average molecular weight is 246 g/mol. The van der Waals surface area contributed by atoms with E-state index in [0.29, 0.717) is 17.6 Å². The average Bonchev–Trinajstić information content (AvgIpc) is 2.79. The number of hydrogen-bond acceptors (Lipinski definition) is 4. The molecule has 0 amide bonds. The monoisotopic (exact) mass is 246 g/mol. The van der Waals surface area contributed by atoms with E-state index in [2.05, 4.69) is 15.0 Å². The van der Waals surface area contributed by atoms with E-state index in [4.69, 9.17) is 10.5 Å². The molecule has 3 heterocycles. The number of rotatable bonds is 3. The van der Waals surface area contributed by atoms with Crippen LogP contribution in [0.25, 0.3) is 11.2 Å². The first-order chi connectivity index (χ1) is 8.81. The number of aromatic amines is 1. The van der Waals surface area contributed by atoms with Gasteiger partial charge in [0.2, 0.25) is 0 Å². The summed E-state index contributed by atoms with van der Waals surface area (Å²) in [6.45, 7) is 0.906. The van der Waals surface area contributed by atoms with Crippen LogP contribution in [-0.4, -0.2) is 27.7 Å². The van der Waals surface area contributed by atoms with Gasteiger partial charge in [0.05, 0.1) is 11.6 Å². The second kappa shape index (κ2) is 4.94. The number of hydrogen-bond donors (Lipinski definition) is 2. The lowest BCUT2D eigenvalue weighted by atomic mass is 10.0. The van der Waals surface area contributed by atoms with Crippen molar-refractivity contribution in [3.63, 3.8) is 0 Å². The third-order valence-electron chi connectivity index (χ3n) is 3.39. The second-order valence-electron chi connectivity index (χ2n) is 4.82. The van der Waals surface area contributed by atoms with Gasteiger partial charge in [-0.05, 0) is 37.8 Å². The van der Waals surface area contributed by atoms with E-state index in [1.807, 2.05) is 6.07 Å². The Balaban J connectivity index is 1.67. The Morgan fingerprint density at radius 2 is 2.28 bits per heavy atom. The minimum atomic E-state index is 0.394. The van der Waals surface area contributed by atoms with E-state index < -0.39 is 0 Å². The van der Waals surface area contributed by atoms with E-state index in [1.165, 1.54) is 19.3 Å². The van der Waals surface area contributed by atoms with Gasteiger partial charge in [0.25, 0.3) is 0 Å². The number of anilines is 1. The Kier molecular flexibility index (Phi) is 3.15. The molecule has 3 rings (SSSR count). The number of aromatic nitrogens is 3. The maximum atomic E-state index is 5.72. The molecule has 1 atom stereocenters. The van der Waals surface area contributed by atoms with E-state index in [1.54, 1.807) is 6.07 Å². The lowest BCUT2D eigenvalue weighted by molar-refractivity contribution is 0.0112. The predicted octanol–water partition coefficient (Wildman–Crippen LogP) is 2.04. The van der Waals surface area contributed by atoms with Crippen molar-refractivity contribution >= 4 is 17.0 Å². The molecule has 96 valence electrons. The van der Waals surface area contributed by atoms with Crippen LogP contribution in [0.1, 0.15) is 31.5 Å². The van der Waals surface area contributed by atoms with Gasteiger partial charge in [-0.1, -0.05) is 0 Å².